The number of nitrogens with zero attached hydrogens (tertiary/aromatic N) is 1. The van der Waals surface area contributed by atoms with Gasteiger partial charge in [0.2, 0.25) is 0 Å². The van der Waals surface area contributed by atoms with Gasteiger partial charge in [-0.25, -0.2) is 0 Å². The van der Waals surface area contributed by atoms with Crippen LogP contribution in [0.25, 0.3) is 0 Å². The van der Waals surface area contributed by atoms with Crippen LogP contribution < -0.4 is 15.5 Å². The Morgan fingerprint density at radius 2 is 1.65 bits per heavy atom. The van der Waals surface area contributed by atoms with E-state index in [9.17, 15) is 4.79 Å². The molecule has 2 aromatic carbocycles. The molecule has 0 saturated carbocycles. The maximum absolute atomic E-state index is 12.6. The largest absolute Gasteiger partial charge is 0.372 e. The molecule has 2 aromatic rings. The SMILES string of the molecule is CCN(CC)c1ccc([C@H]2Nc3ccccc3NC3=C2C(=O)CC3)cc1. The summed E-state index contributed by atoms with van der Waals surface area (Å²) in [6.45, 7) is 6.31. The first-order chi connectivity index (χ1) is 12.7. The summed E-state index contributed by atoms with van der Waals surface area (Å²) in [7, 11) is 0. The van der Waals surface area contributed by atoms with Crippen LogP contribution in [0.15, 0.2) is 59.8 Å². The molecule has 134 valence electrons. The number of allylic oxidation sites excluding steroid dienone is 1. The summed E-state index contributed by atoms with van der Waals surface area (Å²) in [5.74, 6) is 0.241. The molecule has 0 saturated heterocycles. The zero-order valence-electron chi connectivity index (χ0n) is 15.4. The van der Waals surface area contributed by atoms with E-state index in [2.05, 4.69) is 65.8 Å². The molecular formula is C22H25N3O. The first kappa shape index (κ1) is 16.7. The first-order valence-electron chi connectivity index (χ1n) is 9.45. The van der Waals surface area contributed by atoms with Crippen molar-refractivity contribution < 1.29 is 4.79 Å². The summed E-state index contributed by atoms with van der Waals surface area (Å²) < 4.78 is 0. The molecule has 1 atom stereocenters. The van der Waals surface area contributed by atoms with Gasteiger partial charge < -0.3 is 15.5 Å². The number of fused-ring (bicyclic) bond motifs is 1. The minimum absolute atomic E-state index is 0.109. The number of para-hydroxylation sites is 2. The molecule has 4 heteroatoms. The molecule has 0 fully saturated rings. The number of hydrogen-bond acceptors (Lipinski definition) is 4. The summed E-state index contributed by atoms with van der Waals surface area (Å²) in [5, 5.41) is 7.09. The van der Waals surface area contributed by atoms with Crippen molar-refractivity contribution in [3.8, 4) is 0 Å². The van der Waals surface area contributed by atoms with Gasteiger partial charge in [0.25, 0.3) is 0 Å². The number of nitrogens with one attached hydrogen (secondary N) is 2. The maximum atomic E-state index is 12.6. The topological polar surface area (TPSA) is 44.4 Å². The average molecular weight is 347 g/mol. The molecule has 0 spiro atoms. The lowest BCUT2D eigenvalue weighted by Gasteiger charge is -2.24. The van der Waals surface area contributed by atoms with Crippen molar-refractivity contribution in [3.63, 3.8) is 0 Å². The molecule has 1 heterocycles. The molecule has 0 unspecified atom stereocenters. The molecule has 0 amide bonds. The van der Waals surface area contributed by atoms with Gasteiger partial charge in [-0.1, -0.05) is 24.3 Å². The Morgan fingerprint density at radius 3 is 2.35 bits per heavy atom. The smallest absolute Gasteiger partial charge is 0.163 e. The molecule has 1 aliphatic heterocycles. The Hall–Kier alpha value is -2.75. The Kier molecular flexibility index (Phi) is 4.41. The molecule has 4 rings (SSSR count). The molecule has 4 nitrogen and oxygen atoms in total. The lowest BCUT2D eigenvalue weighted by Crippen LogP contribution is -2.22. The lowest BCUT2D eigenvalue weighted by molar-refractivity contribution is -0.115. The second kappa shape index (κ2) is 6.87. The highest BCUT2D eigenvalue weighted by atomic mass is 16.1. The van der Waals surface area contributed by atoms with Gasteiger partial charge in [0.05, 0.1) is 17.4 Å². The third kappa shape index (κ3) is 2.85. The van der Waals surface area contributed by atoms with Gasteiger partial charge in [-0.05, 0) is 50.1 Å². The van der Waals surface area contributed by atoms with Crippen molar-refractivity contribution in [3.05, 3.63) is 65.4 Å². The van der Waals surface area contributed by atoms with Crippen LogP contribution in [-0.4, -0.2) is 18.9 Å². The van der Waals surface area contributed by atoms with Crippen molar-refractivity contribution in [2.75, 3.05) is 28.6 Å². The van der Waals surface area contributed by atoms with Crippen molar-refractivity contribution >= 4 is 22.8 Å². The quantitative estimate of drug-likeness (QED) is 0.839. The summed E-state index contributed by atoms with van der Waals surface area (Å²) in [6, 6.07) is 16.7. The van der Waals surface area contributed by atoms with Crippen LogP contribution in [0.1, 0.15) is 38.3 Å². The van der Waals surface area contributed by atoms with Gasteiger partial charge in [-0.3, -0.25) is 4.79 Å². The number of rotatable bonds is 4. The molecule has 1 aliphatic carbocycles. The third-order valence-electron chi connectivity index (χ3n) is 5.38. The summed E-state index contributed by atoms with van der Waals surface area (Å²) in [5.41, 5.74) is 6.37. The van der Waals surface area contributed by atoms with Crippen molar-refractivity contribution in [1.29, 1.82) is 0 Å². The fourth-order valence-electron chi connectivity index (χ4n) is 3.97. The molecular weight excluding hydrogens is 322 g/mol. The minimum atomic E-state index is -0.109. The normalized spacial score (nSPS) is 18.5. The van der Waals surface area contributed by atoms with Crippen LogP contribution in [0.5, 0.6) is 0 Å². The van der Waals surface area contributed by atoms with Gasteiger partial charge in [0.15, 0.2) is 5.78 Å². The monoisotopic (exact) mass is 347 g/mol. The van der Waals surface area contributed by atoms with Crippen LogP contribution in [0, 0.1) is 0 Å². The molecule has 0 radical (unpaired) electrons. The predicted molar refractivity (Wildman–Crippen MR) is 108 cm³/mol. The fraction of sp³-hybridized carbons (Fsp3) is 0.318. The zero-order chi connectivity index (χ0) is 18.1. The van der Waals surface area contributed by atoms with Crippen LogP contribution in [0.4, 0.5) is 17.1 Å². The van der Waals surface area contributed by atoms with Crippen molar-refractivity contribution in [2.45, 2.75) is 32.7 Å². The molecule has 2 N–H and O–H groups in total. The molecule has 0 aromatic heterocycles. The van der Waals surface area contributed by atoms with Crippen LogP contribution >= 0.6 is 0 Å². The predicted octanol–water partition coefficient (Wildman–Crippen LogP) is 4.73. The lowest BCUT2D eigenvalue weighted by atomic mass is 9.96. The number of carbonyl (C=O) groups is 1. The highest BCUT2D eigenvalue weighted by Crippen LogP contribution is 2.41. The molecule has 26 heavy (non-hydrogen) atoms. The van der Waals surface area contributed by atoms with E-state index in [-0.39, 0.29) is 11.8 Å². The Morgan fingerprint density at radius 1 is 0.962 bits per heavy atom. The Bertz CT molecular complexity index is 850. The standard InChI is InChI=1S/C22H25N3O/c1-3-25(4-2)16-11-9-15(10-12-16)22-21-19(13-14-20(21)26)23-17-7-5-6-8-18(17)24-22/h5-12,22-24H,3-4,13-14H2,1-2H3/t22-/m1/s1. The number of benzene rings is 2. The van der Waals surface area contributed by atoms with E-state index < -0.39 is 0 Å². The number of Topliss-reactive ketones (excluding diaryl/α,β-unsaturated/α-hetero) is 1. The van der Waals surface area contributed by atoms with E-state index in [1.165, 1.54) is 5.69 Å². The third-order valence-corrected chi connectivity index (χ3v) is 5.38. The zero-order valence-corrected chi connectivity index (χ0v) is 15.4. The number of anilines is 3. The summed E-state index contributed by atoms with van der Waals surface area (Å²) in [4.78, 5) is 14.9. The van der Waals surface area contributed by atoms with Gasteiger partial charge in [-0.15, -0.1) is 0 Å². The van der Waals surface area contributed by atoms with E-state index in [0.717, 1.165) is 47.7 Å². The minimum Gasteiger partial charge on any atom is -0.372 e. The second-order valence-corrected chi connectivity index (χ2v) is 6.83. The van der Waals surface area contributed by atoms with Crippen LogP contribution in [-0.2, 0) is 4.79 Å². The highest BCUT2D eigenvalue weighted by Gasteiger charge is 2.33. The Labute approximate surface area is 154 Å². The van der Waals surface area contributed by atoms with Crippen molar-refractivity contribution in [1.82, 2.24) is 0 Å². The summed E-state index contributed by atoms with van der Waals surface area (Å²) >= 11 is 0. The van der Waals surface area contributed by atoms with E-state index in [4.69, 9.17) is 0 Å². The second-order valence-electron chi connectivity index (χ2n) is 6.83. The van der Waals surface area contributed by atoms with Crippen molar-refractivity contribution in [2.24, 2.45) is 0 Å². The van der Waals surface area contributed by atoms with Gasteiger partial charge >= 0.3 is 0 Å². The average Bonchev–Trinajstić information content (AvgIpc) is 2.94. The van der Waals surface area contributed by atoms with Gasteiger partial charge in [0, 0.05) is 36.5 Å². The first-order valence-corrected chi connectivity index (χ1v) is 9.45. The highest BCUT2D eigenvalue weighted by molar-refractivity contribution is 6.02. The van der Waals surface area contributed by atoms with E-state index in [1.807, 2.05) is 12.1 Å². The number of carbonyl (C=O) groups excluding carboxylic acids is 1. The molecule has 0 bridgehead atoms. The number of hydrogen-bond donors (Lipinski definition) is 2. The molecule has 2 aliphatic rings. The van der Waals surface area contributed by atoms with E-state index >= 15 is 0 Å². The van der Waals surface area contributed by atoms with Crippen LogP contribution in [0.2, 0.25) is 0 Å². The van der Waals surface area contributed by atoms with Crippen LogP contribution in [0.3, 0.4) is 0 Å². The van der Waals surface area contributed by atoms with E-state index in [1.54, 1.807) is 0 Å². The van der Waals surface area contributed by atoms with Gasteiger partial charge in [0.1, 0.15) is 0 Å². The Balaban J connectivity index is 1.74. The van der Waals surface area contributed by atoms with Gasteiger partial charge in [-0.2, -0.15) is 0 Å². The summed E-state index contributed by atoms with van der Waals surface area (Å²) in [6.07, 6.45) is 1.38. The number of ketones is 1. The maximum Gasteiger partial charge on any atom is 0.163 e. The fourth-order valence-corrected chi connectivity index (χ4v) is 3.97. The van der Waals surface area contributed by atoms with E-state index in [0.29, 0.717) is 6.42 Å².